The topological polar surface area (TPSA) is 39.1 Å². The minimum atomic E-state index is -0.718. The number of rotatable bonds is 4. The molecule has 0 bridgehead atoms. The molecule has 3 nitrogen and oxygen atoms in total. The quantitative estimate of drug-likeness (QED) is 0.808. The summed E-state index contributed by atoms with van der Waals surface area (Å²) in [6.45, 7) is 4.45. The van der Waals surface area contributed by atoms with Crippen molar-refractivity contribution in [2.45, 2.75) is 26.8 Å². The Hall–Kier alpha value is -1.87. The summed E-state index contributed by atoms with van der Waals surface area (Å²) in [5.41, 5.74) is 2.66. The molecule has 2 aromatic rings. The standard InChI is InChI=1S/C16H16ClNO2/c1-3-11-5-7-12(8-6-11)14-10-9-13(15(17)19)16(20)18(14)4-2/h5-10H,3-4H2,1-2H3. The molecule has 0 unspecified atom stereocenters. The number of benzene rings is 1. The van der Waals surface area contributed by atoms with Gasteiger partial charge in [-0.1, -0.05) is 31.2 Å². The van der Waals surface area contributed by atoms with E-state index in [1.54, 1.807) is 10.6 Å². The van der Waals surface area contributed by atoms with Gasteiger partial charge in [-0.25, -0.2) is 0 Å². The monoisotopic (exact) mass is 289 g/mol. The Morgan fingerprint density at radius 2 is 1.75 bits per heavy atom. The lowest BCUT2D eigenvalue weighted by Crippen LogP contribution is -2.25. The second-order valence-corrected chi connectivity index (χ2v) is 4.85. The van der Waals surface area contributed by atoms with Crippen molar-refractivity contribution in [3.8, 4) is 11.3 Å². The van der Waals surface area contributed by atoms with Crippen LogP contribution in [0.15, 0.2) is 41.2 Å². The Morgan fingerprint density at radius 3 is 2.25 bits per heavy atom. The van der Waals surface area contributed by atoms with Gasteiger partial charge in [0.05, 0.1) is 11.3 Å². The number of aromatic nitrogens is 1. The van der Waals surface area contributed by atoms with Crippen molar-refractivity contribution in [3.63, 3.8) is 0 Å². The number of hydrogen-bond donors (Lipinski definition) is 0. The van der Waals surface area contributed by atoms with Gasteiger partial charge < -0.3 is 4.57 Å². The summed E-state index contributed by atoms with van der Waals surface area (Å²) >= 11 is 5.42. The predicted molar refractivity (Wildman–Crippen MR) is 81.4 cm³/mol. The number of pyridine rings is 1. The van der Waals surface area contributed by atoms with E-state index < -0.39 is 5.24 Å². The van der Waals surface area contributed by atoms with Crippen LogP contribution in [0.4, 0.5) is 0 Å². The molecule has 0 saturated heterocycles. The average molecular weight is 290 g/mol. The molecule has 4 heteroatoms. The predicted octanol–water partition coefficient (Wildman–Crippen LogP) is 3.48. The summed E-state index contributed by atoms with van der Waals surface area (Å²) in [5.74, 6) is 0. The van der Waals surface area contributed by atoms with Gasteiger partial charge in [0.25, 0.3) is 10.8 Å². The fourth-order valence-corrected chi connectivity index (χ4v) is 2.35. The smallest absolute Gasteiger partial charge is 0.263 e. The molecule has 0 radical (unpaired) electrons. The average Bonchev–Trinajstić information content (AvgIpc) is 2.46. The third kappa shape index (κ3) is 2.68. The number of hydrogen-bond acceptors (Lipinski definition) is 2. The van der Waals surface area contributed by atoms with Gasteiger partial charge in [-0.3, -0.25) is 9.59 Å². The Bertz CT molecular complexity index is 687. The zero-order valence-electron chi connectivity index (χ0n) is 11.5. The van der Waals surface area contributed by atoms with Crippen molar-refractivity contribution in [2.24, 2.45) is 0 Å². The first-order valence-electron chi connectivity index (χ1n) is 6.61. The molecule has 0 aliphatic heterocycles. The molecule has 2 rings (SSSR count). The van der Waals surface area contributed by atoms with Crippen LogP contribution in [-0.2, 0) is 13.0 Å². The Labute approximate surface area is 122 Å². The molecule has 0 saturated carbocycles. The molecule has 1 aromatic carbocycles. The second-order valence-electron chi connectivity index (χ2n) is 4.51. The van der Waals surface area contributed by atoms with Crippen LogP contribution in [0, 0.1) is 0 Å². The molecule has 0 N–H and O–H groups in total. The lowest BCUT2D eigenvalue weighted by atomic mass is 10.1. The van der Waals surface area contributed by atoms with Gasteiger partial charge in [-0.15, -0.1) is 0 Å². The van der Waals surface area contributed by atoms with Crippen LogP contribution in [0.25, 0.3) is 11.3 Å². The normalized spacial score (nSPS) is 10.6. The fraction of sp³-hybridized carbons (Fsp3) is 0.250. The highest BCUT2D eigenvalue weighted by Gasteiger charge is 2.13. The summed E-state index contributed by atoms with van der Waals surface area (Å²) in [6, 6.07) is 11.3. The highest BCUT2D eigenvalue weighted by Crippen LogP contribution is 2.19. The van der Waals surface area contributed by atoms with E-state index in [9.17, 15) is 9.59 Å². The van der Waals surface area contributed by atoms with E-state index in [1.807, 2.05) is 31.2 Å². The van der Waals surface area contributed by atoms with Crippen molar-refractivity contribution in [1.29, 1.82) is 0 Å². The minimum Gasteiger partial charge on any atom is -0.308 e. The van der Waals surface area contributed by atoms with Crippen LogP contribution in [0.3, 0.4) is 0 Å². The number of nitrogens with zero attached hydrogens (tertiary/aromatic N) is 1. The Kier molecular flexibility index (Phi) is 4.40. The maximum absolute atomic E-state index is 12.2. The molecule has 0 aliphatic rings. The number of halogens is 1. The lowest BCUT2D eigenvalue weighted by molar-refractivity contribution is 0.107. The second kappa shape index (κ2) is 6.06. The third-order valence-corrected chi connectivity index (χ3v) is 3.56. The number of carbonyl (C=O) groups is 1. The molecule has 20 heavy (non-hydrogen) atoms. The van der Waals surface area contributed by atoms with Crippen LogP contribution in [-0.4, -0.2) is 9.81 Å². The summed E-state index contributed by atoms with van der Waals surface area (Å²) in [7, 11) is 0. The number of carbonyl (C=O) groups excluding carboxylic acids is 1. The van der Waals surface area contributed by atoms with E-state index >= 15 is 0 Å². The molecule has 0 atom stereocenters. The molecule has 0 amide bonds. The number of aryl methyl sites for hydroxylation is 1. The molecule has 1 heterocycles. The van der Waals surface area contributed by atoms with Crippen LogP contribution in [0.2, 0.25) is 0 Å². The van der Waals surface area contributed by atoms with E-state index in [4.69, 9.17) is 11.6 Å². The van der Waals surface area contributed by atoms with E-state index in [1.165, 1.54) is 11.6 Å². The van der Waals surface area contributed by atoms with Crippen molar-refractivity contribution in [1.82, 2.24) is 4.57 Å². The van der Waals surface area contributed by atoms with E-state index in [2.05, 4.69) is 6.92 Å². The SMILES string of the molecule is CCc1ccc(-c2ccc(C(=O)Cl)c(=O)n2CC)cc1. The van der Waals surface area contributed by atoms with E-state index in [0.29, 0.717) is 6.54 Å². The maximum atomic E-state index is 12.2. The lowest BCUT2D eigenvalue weighted by Gasteiger charge is -2.12. The molecular weight excluding hydrogens is 274 g/mol. The van der Waals surface area contributed by atoms with Crippen molar-refractivity contribution >= 4 is 16.8 Å². The van der Waals surface area contributed by atoms with Crippen LogP contribution in [0.5, 0.6) is 0 Å². The van der Waals surface area contributed by atoms with Crippen molar-refractivity contribution in [2.75, 3.05) is 0 Å². The summed E-state index contributed by atoms with van der Waals surface area (Å²) in [6.07, 6.45) is 0.973. The zero-order chi connectivity index (χ0) is 14.7. The molecule has 104 valence electrons. The van der Waals surface area contributed by atoms with Gasteiger partial charge in [0.15, 0.2) is 0 Å². The molecule has 1 aromatic heterocycles. The van der Waals surface area contributed by atoms with Crippen LogP contribution in [0.1, 0.15) is 29.8 Å². The molecule has 0 spiro atoms. The largest absolute Gasteiger partial charge is 0.308 e. The van der Waals surface area contributed by atoms with Gasteiger partial charge in [-0.2, -0.15) is 0 Å². The van der Waals surface area contributed by atoms with Gasteiger partial charge in [-0.05, 0) is 48.2 Å². The van der Waals surface area contributed by atoms with E-state index in [0.717, 1.165) is 17.7 Å². The minimum absolute atomic E-state index is 0.0162. The maximum Gasteiger partial charge on any atom is 0.263 e. The fourth-order valence-electron chi connectivity index (χ4n) is 2.21. The van der Waals surface area contributed by atoms with Crippen molar-refractivity contribution < 1.29 is 4.79 Å². The van der Waals surface area contributed by atoms with Crippen molar-refractivity contribution in [3.05, 3.63) is 57.9 Å². The van der Waals surface area contributed by atoms with Gasteiger partial charge in [0, 0.05) is 6.54 Å². The highest BCUT2D eigenvalue weighted by atomic mass is 35.5. The third-order valence-electron chi connectivity index (χ3n) is 3.36. The summed E-state index contributed by atoms with van der Waals surface area (Å²) < 4.78 is 1.57. The Morgan fingerprint density at radius 1 is 1.10 bits per heavy atom. The first-order valence-corrected chi connectivity index (χ1v) is 6.99. The molecule has 0 fully saturated rings. The van der Waals surface area contributed by atoms with E-state index in [-0.39, 0.29) is 11.1 Å². The first-order chi connectivity index (χ1) is 9.58. The summed E-state index contributed by atoms with van der Waals surface area (Å²) in [5, 5.41) is -0.718. The highest BCUT2D eigenvalue weighted by molar-refractivity contribution is 6.67. The van der Waals surface area contributed by atoms with Gasteiger partial charge in [0.1, 0.15) is 0 Å². The van der Waals surface area contributed by atoms with Gasteiger partial charge in [0.2, 0.25) is 0 Å². The molecule has 0 aliphatic carbocycles. The molecular formula is C16H16ClNO2. The zero-order valence-corrected chi connectivity index (χ0v) is 12.3. The van der Waals surface area contributed by atoms with Crippen LogP contribution < -0.4 is 5.56 Å². The first kappa shape index (κ1) is 14.5. The Balaban J connectivity index is 2.59. The van der Waals surface area contributed by atoms with Gasteiger partial charge >= 0.3 is 0 Å². The van der Waals surface area contributed by atoms with Crippen LogP contribution >= 0.6 is 11.6 Å². The summed E-state index contributed by atoms with van der Waals surface area (Å²) in [4.78, 5) is 23.4.